The number of nitrogens with one attached hydrogen (secondary N) is 1. The van der Waals surface area contributed by atoms with Gasteiger partial charge in [0.1, 0.15) is 33.4 Å². The van der Waals surface area contributed by atoms with Crippen molar-refractivity contribution in [2.45, 2.75) is 76.2 Å². The molecule has 2 saturated heterocycles. The summed E-state index contributed by atoms with van der Waals surface area (Å²) in [5.74, 6) is -6.47. The predicted molar refractivity (Wildman–Crippen MR) is 171 cm³/mol. The third kappa shape index (κ3) is 6.82. The number of piperidine rings is 1. The second-order valence-corrected chi connectivity index (χ2v) is 14.9. The fourth-order valence-corrected chi connectivity index (χ4v) is 8.46. The van der Waals surface area contributed by atoms with Gasteiger partial charge in [-0.15, -0.1) is 0 Å². The van der Waals surface area contributed by atoms with Crippen LogP contribution in [0.2, 0.25) is 0 Å². The Balaban J connectivity index is 1.46. The van der Waals surface area contributed by atoms with Gasteiger partial charge in [0.05, 0.1) is 28.5 Å². The standard InChI is InChI=1S/C33H42F3N5O4S/c1-22-25-6-4-7-28(29(25)34)33(35,36)24-8-14-40(15-9-24)12-2-3-16-45-17-5-13-41-31-27(30(39-22)37-21-38-31)20-26(32(41)42)23-10-18-46(43,44)19-11-23/h4,6-7,20-24H,2-3,5,8-19H2,1H3,(H,37,38,39)/t22-/m1/s1/i1D3. The third-order valence-electron chi connectivity index (χ3n) is 9.67. The van der Waals surface area contributed by atoms with Crippen LogP contribution < -0.4 is 10.9 Å². The van der Waals surface area contributed by atoms with Gasteiger partial charge in [-0.25, -0.2) is 31.6 Å². The molecule has 0 aliphatic carbocycles. The van der Waals surface area contributed by atoms with Crippen molar-refractivity contribution < 1.29 is 30.4 Å². The first-order valence-electron chi connectivity index (χ1n) is 17.6. The summed E-state index contributed by atoms with van der Waals surface area (Å²) >= 11 is 0. The molecule has 9 nitrogen and oxygen atoms in total. The quantitative estimate of drug-likeness (QED) is 0.369. The van der Waals surface area contributed by atoms with Crippen molar-refractivity contribution in [2.75, 3.05) is 49.7 Å². The van der Waals surface area contributed by atoms with Crippen molar-refractivity contribution in [1.82, 2.24) is 19.4 Å². The number of sulfone groups is 1. The molecule has 4 aliphatic heterocycles. The molecule has 3 aromatic rings. The lowest BCUT2D eigenvalue weighted by Crippen LogP contribution is -2.40. The third-order valence-corrected chi connectivity index (χ3v) is 11.4. The Labute approximate surface area is 271 Å². The molecular formula is C33H42F3N5O4S. The summed E-state index contributed by atoms with van der Waals surface area (Å²) in [6.45, 7) is -0.175. The summed E-state index contributed by atoms with van der Waals surface area (Å²) in [5.41, 5.74) is -1.08. The first kappa shape index (κ1) is 29.1. The van der Waals surface area contributed by atoms with E-state index in [1.807, 2.05) is 0 Å². The molecule has 7 rings (SSSR count). The van der Waals surface area contributed by atoms with Crippen molar-refractivity contribution in [3.63, 3.8) is 0 Å². The van der Waals surface area contributed by atoms with Crippen LogP contribution in [0.1, 0.15) is 84.6 Å². The van der Waals surface area contributed by atoms with Gasteiger partial charge in [-0.05, 0) is 83.4 Å². The van der Waals surface area contributed by atoms with Gasteiger partial charge < -0.3 is 15.0 Å². The number of nitrogens with zero attached hydrogens (tertiary/aromatic N) is 4. The van der Waals surface area contributed by atoms with Gasteiger partial charge in [0, 0.05) is 40.9 Å². The lowest BCUT2D eigenvalue weighted by molar-refractivity contribution is -0.0880. The van der Waals surface area contributed by atoms with E-state index in [0.29, 0.717) is 38.3 Å². The minimum absolute atomic E-state index is 0.0214. The number of halogens is 3. The molecule has 1 aromatic carbocycles. The second kappa shape index (κ2) is 13.6. The van der Waals surface area contributed by atoms with Crippen LogP contribution in [-0.4, -0.2) is 72.2 Å². The van der Waals surface area contributed by atoms with Crippen molar-refractivity contribution in [1.29, 1.82) is 0 Å². The Morgan fingerprint density at radius 2 is 1.76 bits per heavy atom. The summed E-state index contributed by atoms with van der Waals surface area (Å²) < 4.78 is 105. The average molecular weight is 665 g/mol. The Morgan fingerprint density at radius 1 is 1.00 bits per heavy atom. The maximum atomic E-state index is 16.3. The van der Waals surface area contributed by atoms with Crippen LogP contribution >= 0.6 is 0 Å². The van der Waals surface area contributed by atoms with E-state index in [0.717, 1.165) is 31.8 Å². The normalized spacial score (nSPS) is 27.5. The number of pyridine rings is 1. The number of anilines is 1. The number of aryl methyl sites for hydroxylation is 1. The van der Waals surface area contributed by atoms with Crippen LogP contribution in [0.5, 0.6) is 0 Å². The van der Waals surface area contributed by atoms with Gasteiger partial charge >= 0.3 is 0 Å². The highest BCUT2D eigenvalue weighted by Gasteiger charge is 2.45. The van der Waals surface area contributed by atoms with E-state index < -0.39 is 51.5 Å². The van der Waals surface area contributed by atoms with Gasteiger partial charge in [0.2, 0.25) is 0 Å². The highest BCUT2D eigenvalue weighted by molar-refractivity contribution is 7.91. The summed E-state index contributed by atoms with van der Waals surface area (Å²) in [7, 11) is -3.23. The number of hydrogen-bond donors (Lipinski definition) is 1. The van der Waals surface area contributed by atoms with E-state index >= 15 is 13.2 Å². The molecule has 0 saturated carbocycles. The molecule has 1 N–H and O–H groups in total. The van der Waals surface area contributed by atoms with E-state index in [9.17, 15) is 13.2 Å². The van der Waals surface area contributed by atoms with E-state index in [-0.39, 0.29) is 72.1 Å². The number of hydrogen-bond acceptors (Lipinski definition) is 8. The van der Waals surface area contributed by atoms with Gasteiger partial charge in [0.15, 0.2) is 0 Å². The first-order chi connectivity index (χ1) is 23.3. The van der Waals surface area contributed by atoms with Crippen LogP contribution in [-0.2, 0) is 27.0 Å². The number of ether oxygens (including phenoxy) is 1. The lowest BCUT2D eigenvalue weighted by Gasteiger charge is -2.36. The van der Waals surface area contributed by atoms with E-state index in [2.05, 4.69) is 20.2 Å². The summed E-state index contributed by atoms with van der Waals surface area (Å²) in [6, 6.07) is 3.24. The summed E-state index contributed by atoms with van der Waals surface area (Å²) in [4.78, 5) is 24.7. The molecule has 250 valence electrons. The maximum Gasteiger partial charge on any atom is 0.278 e. The molecule has 2 aromatic heterocycles. The number of aromatic nitrogens is 3. The highest BCUT2D eigenvalue weighted by atomic mass is 32.2. The summed E-state index contributed by atoms with van der Waals surface area (Å²) in [5, 5.41) is 3.10. The zero-order valence-electron chi connectivity index (χ0n) is 28.7. The second-order valence-electron chi connectivity index (χ2n) is 12.6. The Bertz CT molecular complexity index is 1820. The molecule has 0 spiro atoms. The minimum Gasteiger partial charge on any atom is -0.381 e. The largest absolute Gasteiger partial charge is 0.381 e. The van der Waals surface area contributed by atoms with Crippen molar-refractivity contribution in [2.24, 2.45) is 5.92 Å². The van der Waals surface area contributed by atoms with Crippen LogP contribution in [0.15, 0.2) is 35.4 Å². The van der Waals surface area contributed by atoms with Gasteiger partial charge in [-0.3, -0.25) is 9.36 Å². The van der Waals surface area contributed by atoms with Crippen molar-refractivity contribution in [3.05, 3.63) is 63.5 Å². The van der Waals surface area contributed by atoms with E-state index in [1.54, 1.807) is 6.07 Å². The monoisotopic (exact) mass is 664 g/mol. The number of fused-ring (bicyclic) bond motifs is 10. The zero-order chi connectivity index (χ0) is 35.0. The Hall–Kier alpha value is -3.03. The molecule has 6 heterocycles. The zero-order valence-corrected chi connectivity index (χ0v) is 26.5. The van der Waals surface area contributed by atoms with Crippen LogP contribution in [0.25, 0.3) is 11.0 Å². The maximum absolute atomic E-state index is 16.3. The van der Waals surface area contributed by atoms with Crippen molar-refractivity contribution in [3.8, 4) is 0 Å². The Morgan fingerprint density at radius 3 is 2.52 bits per heavy atom. The molecule has 46 heavy (non-hydrogen) atoms. The van der Waals surface area contributed by atoms with Crippen LogP contribution in [0, 0.1) is 11.7 Å². The van der Waals surface area contributed by atoms with E-state index in [1.165, 1.54) is 16.7 Å². The van der Waals surface area contributed by atoms with Crippen LogP contribution in [0.3, 0.4) is 0 Å². The average Bonchev–Trinajstić information content (AvgIpc) is 3.05. The number of benzene rings is 1. The van der Waals surface area contributed by atoms with E-state index in [4.69, 9.17) is 8.85 Å². The highest BCUT2D eigenvalue weighted by Crippen LogP contribution is 2.44. The number of rotatable bonds is 1. The molecule has 0 radical (unpaired) electrons. The smallest absolute Gasteiger partial charge is 0.278 e. The molecule has 4 aliphatic rings. The van der Waals surface area contributed by atoms with Gasteiger partial charge in [0.25, 0.3) is 11.5 Å². The Kier molecular flexibility index (Phi) is 8.61. The lowest BCUT2D eigenvalue weighted by atomic mass is 9.85. The fraction of sp³-hybridized carbons (Fsp3) is 0.606. The van der Waals surface area contributed by atoms with Gasteiger partial charge in [-0.1, -0.05) is 18.2 Å². The predicted octanol–water partition coefficient (Wildman–Crippen LogP) is 5.40. The molecule has 13 heteroatoms. The molecule has 1 atom stereocenters. The minimum atomic E-state index is -3.53. The fourth-order valence-electron chi connectivity index (χ4n) is 6.97. The molecular weight excluding hydrogens is 619 g/mol. The molecule has 8 bridgehead atoms. The van der Waals surface area contributed by atoms with Crippen LogP contribution in [0.4, 0.5) is 19.0 Å². The molecule has 0 amide bonds. The topological polar surface area (TPSA) is 106 Å². The van der Waals surface area contributed by atoms with Crippen molar-refractivity contribution >= 4 is 26.7 Å². The summed E-state index contributed by atoms with van der Waals surface area (Å²) in [6.07, 6.45) is 4.08. The molecule has 0 unspecified atom stereocenters. The van der Waals surface area contributed by atoms with Gasteiger partial charge in [-0.2, -0.15) is 0 Å². The first-order valence-corrected chi connectivity index (χ1v) is 17.9. The molecule has 2 fully saturated rings. The SMILES string of the molecule is [2H]C([2H])([2H])[C@H]1Nc2ncnc3c2cc(C2CCS(=O)(=O)CC2)c(=O)n3CCCOCCCCN2CCC(CC2)C(F)(F)c2cccc1c2F. The number of alkyl halides is 2.